The number of methoxy groups -OCH3 is 1. The molecule has 128 valence electrons. The fourth-order valence-electron chi connectivity index (χ4n) is 2.28. The van der Waals surface area contributed by atoms with Crippen molar-refractivity contribution in [3.63, 3.8) is 0 Å². The molecule has 0 aliphatic carbocycles. The van der Waals surface area contributed by atoms with Gasteiger partial charge >= 0.3 is 5.97 Å². The number of esters is 1. The first-order valence-electron chi connectivity index (χ1n) is 7.65. The Balaban J connectivity index is 1.95. The van der Waals surface area contributed by atoms with Gasteiger partial charge in [0, 0.05) is 4.88 Å². The van der Waals surface area contributed by atoms with E-state index in [2.05, 4.69) is 5.32 Å². The van der Waals surface area contributed by atoms with Crippen molar-refractivity contribution in [2.75, 3.05) is 19.0 Å². The molecule has 0 aliphatic rings. The normalized spacial score (nSPS) is 10.3. The summed E-state index contributed by atoms with van der Waals surface area (Å²) in [7, 11) is 1.53. The first kappa shape index (κ1) is 18.0. The van der Waals surface area contributed by atoms with Crippen LogP contribution < -0.4 is 10.1 Å². The van der Waals surface area contributed by atoms with Crippen molar-refractivity contribution in [3.05, 3.63) is 45.1 Å². The molecule has 1 heterocycles. The third-order valence-electron chi connectivity index (χ3n) is 3.51. The molecular weight excluding hydrogens is 326 g/mol. The summed E-state index contributed by atoms with van der Waals surface area (Å²) in [5.41, 5.74) is 2.62. The van der Waals surface area contributed by atoms with Crippen LogP contribution in [-0.4, -0.2) is 25.6 Å². The van der Waals surface area contributed by atoms with E-state index < -0.39 is 11.9 Å². The minimum atomic E-state index is -0.478. The number of carbonyl (C=O) groups excluding carboxylic acids is 2. The molecule has 1 aromatic carbocycles. The number of rotatable bonds is 6. The maximum atomic E-state index is 12.0. The molecule has 1 amide bonds. The van der Waals surface area contributed by atoms with Crippen LogP contribution in [-0.2, 0) is 16.0 Å². The van der Waals surface area contributed by atoms with Gasteiger partial charge in [-0.15, -0.1) is 11.3 Å². The van der Waals surface area contributed by atoms with Gasteiger partial charge in [-0.05, 0) is 49.6 Å². The number of ether oxygens (including phenoxy) is 2. The van der Waals surface area contributed by atoms with Crippen LogP contribution in [0.2, 0.25) is 0 Å². The quantitative estimate of drug-likeness (QED) is 0.809. The number of hydrogen-bond donors (Lipinski definition) is 1. The van der Waals surface area contributed by atoms with Crippen molar-refractivity contribution in [2.45, 2.75) is 27.2 Å². The Bertz CT molecular complexity index is 751. The second kappa shape index (κ2) is 7.97. The molecule has 6 heteroatoms. The molecule has 0 saturated heterocycles. The van der Waals surface area contributed by atoms with Gasteiger partial charge in [0.2, 0.25) is 0 Å². The highest BCUT2D eigenvalue weighted by molar-refractivity contribution is 7.14. The average Bonchev–Trinajstić information content (AvgIpc) is 2.94. The summed E-state index contributed by atoms with van der Waals surface area (Å²) in [4.78, 5) is 25.7. The third-order valence-corrected chi connectivity index (χ3v) is 4.87. The van der Waals surface area contributed by atoms with Gasteiger partial charge in [-0.1, -0.05) is 13.0 Å². The second-order valence-corrected chi connectivity index (χ2v) is 6.54. The summed E-state index contributed by atoms with van der Waals surface area (Å²) in [5, 5.41) is 2.70. The lowest BCUT2D eigenvalue weighted by molar-refractivity contribution is -0.119. The van der Waals surface area contributed by atoms with Crippen LogP contribution in [0.1, 0.15) is 32.6 Å². The van der Waals surface area contributed by atoms with Crippen LogP contribution in [0.5, 0.6) is 5.75 Å². The van der Waals surface area contributed by atoms with E-state index in [4.69, 9.17) is 9.47 Å². The average molecular weight is 347 g/mol. The van der Waals surface area contributed by atoms with E-state index in [1.54, 1.807) is 18.2 Å². The molecule has 0 spiro atoms. The Morgan fingerprint density at radius 3 is 2.58 bits per heavy atom. The van der Waals surface area contributed by atoms with E-state index in [1.807, 2.05) is 26.8 Å². The highest BCUT2D eigenvalue weighted by Crippen LogP contribution is 2.25. The second-order valence-electron chi connectivity index (χ2n) is 5.40. The SMILES string of the molecule is CCc1sc(C(=O)OCC(=O)Nc2cc(C)ccc2OC)cc1C. The van der Waals surface area contributed by atoms with E-state index in [0.29, 0.717) is 16.3 Å². The molecule has 0 bridgehead atoms. The number of nitrogens with one attached hydrogen (secondary N) is 1. The molecule has 0 unspecified atom stereocenters. The van der Waals surface area contributed by atoms with Crippen LogP contribution >= 0.6 is 11.3 Å². The smallest absolute Gasteiger partial charge is 0.348 e. The molecule has 1 aromatic heterocycles. The first-order chi connectivity index (χ1) is 11.4. The predicted octanol–water partition coefficient (Wildman–Crippen LogP) is 3.73. The summed E-state index contributed by atoms with van der Waals surface area (Å²) in [6.07, 6.45) is 0.872. The molecule has 1 N–H and O–H groups in total. The van der Waals surface area contributed by atoms with Crippen LogP contribution in [0.3, 0.4) is 0 Å². The lowest BCUT2D eigenvalue weighted by atomic mass is 10.2. The molecule has 0 saturated carbocycles. The summed E-state index contributed by atoms with van der Waals surface area (Å²) < 4.78 is 10.3. The Labute approximate surface area is 145 Å². The Kier molecular flexibility index (Phi) is 5.98. The molecule has 0 radical (unpaired) electrons. The molecule has 2 rings (SSSR count). The van der Waals surface area contributed by atoms with Gasteiger partial charge in [0.25, 0.3) is 5.91 Å². The Morgan fingerprint density at radius 2 is 1.96 bits per heavy atom. The highest BCUT2D eigenvalue weighted by atomic mass is 32.1. The zero-order valence-electron chi connectivity index (χ0n) is 14.3. The monoisotopic (exact) mass is 347 g/mol. The largest absolute Gasteiger partial charge is 0.495 e. The third kappa shape index (κ3) is 4.35. The van der Waals surface area contributed by atoms with Gasteiger partial charge in [-0.25, -0.2) is 4.79 Å². The van der Waals surface area contributed by atoms with E-state index in [1.165, 1.54) is 18.4 Å². The van der Waals surface area contributed by atoms with Crippen LogP contribution in [0.15, 0.2) is 24.3 Å². The number of amides is 1. The summed E-state index contributed by atoms with van der Waals surface area (Å²) in [5.74, 6) is -0.327. The molecule has 5 nitrogen and oxygen atoms in total. The highest BCUT2D eigenvalue weighted by Gasteiger charge is 2.15. The number of carbonyl (C=O) groups is 2. The van der Waals surface area contributed by atoms with Crippen molar-refractivity contribution < 1.29 is 19.1 Å². The molecule has 24 heavy (non-hydrogen) atoms. The van der Waals surface area contributed by atoms with Gasteiger partial charge < -0.3 is 14.8 Å². The summed E-state index contributed by atoms with van der Waals surface area (Å²) in [6, 6.07) is 7.26. The Hall–Kier alpha value is -2.34. The van der Waals surface area contributed by atoms with E-state index in [9.17, 15) is 9.59 Å². The van der Waals surface area contributed by atoms with Gasteiger partial charge in [-0.2, -0.15) is 0 Å². The summed E-state index contributed by atoms with van der Waals surface area (Å²) in [6.45, 7) is 5.58. The molecule has 0 fully saturated rings. The van der Waals surface area contributed by atoms with Gasteiger partial charge in [-0.3, -0.25) is 4.79 Å². The maximum Gasteiger partial charge on any atom is 0.348 e. The van der Waals surface area contributed by atoms with Crippen LogP contribution in [0.25, 0.3) is 0 Å². The van der Waals surface area contributed by atoms with Crippen molar-refractivity contribution in [2.24, 2.45) is 0 Å². The standard InChI is InChI=1S/C18H21NO4S/c1-5-15-12(3)9-16(24-15)18(21)23-10-17(20)19-13-8-11(2)6-7-14(13)22-4/h6-9H,5,10H2,1-4H3,(H,19,20). The van der Waals surface area contributed by atoms with E-state index in [0.717, 1.165) is 22.4 Å². The predicted molar refractivity (Wildman–Crippen MR) is 95.1 cm³/mol. The number of thiophene rings is 1. The van der Waals surface area contributed by atoms with Crippen LogP contribution in [0.4, 0.5) is 5.69 Å². The van der Waals surface area contributed by atoms with Crippen molar-refractivity contribution in [3.8, 4) is 5.75 Å². The first-order valence-corrected chi connectivity index (χ1v) is 8.47. The fraction of sp³-hybridized carbons (Fsp3) is 0.333. The Morgan fingerprint density at radius 1 is 1.21 bits per heavy atom. The molecular formula is C18H21NO4S. The minimum absolute atomic E-state index is 0.339. The zero-order valence-corrected chi connectivity index (χ0v) is 15.1. The number of aryl methyl sites for hydroxylation is 3. The summed E-state index contributed by atoms with van der Waals surface area (Å²) >= 11 is 1.41. The lowest BCUT2D eigenvalue weighted by Crippen LogP contribution is -2.21. The van der Waals surface area contributed by atoms with Gasteiger partial charge in [0.1, 0.15) is 10.6 Å². The van der Waals surface area contributed by atoms with Crippen molar-refractivity contribution in [1.29, 1.82) is 0 Å². The van der Waals surface area contributed by atoms with Crippen molar-refractivity contribution in [1.82, 2.24) is 0 Å². The van der Waals surface area contributed by atoms with Crippen LogP contribution in [0, 0.1) is 13.8 Å². The van der Waals surface area contributed by atoms with Gasteiger partial charge in [0.05, 0.1) is 12.8 Å². The number of anilines is 1. The molecule has 2 aromatic rings. The van der Waals surface area contributed by atoms with Gasteiger partial charge in [0.15, 0.2) is 6.61 Å². The topological polar surface area (TPSA) is 64.6 Å². The molecule has 0 aliphatic heterocycles. The van der Waals surface area contributed by atoms with Crippen molar-refractivity contribution >= 4 is 28.9 Å². The minimum Gasteiger partial charge on any atom is -0.495 e. The maximum absolute atomic E-state index is 12.0. The number of hydrogen-bond acceptors (Lipinski definition) is 5. The van der Waals surface area contributed by atoms with E-state index >= 15 is 0 Å². The zero-order chi connectivity index (χ0) is 17.7. The van der Waals surface area contributed by atoms with E-state index in [-0.39, 0.29) is 6.61 Å². The molecule has 0 atom stereocenters. The fourth-order valence-corrected chi connectivity index (χ4v) is 3.29. The lowest BCUT2D eigenvalue weighted by Gasteiger charge is -2.11. The number of benzene rings is 1.